The third-order valence-corrected chi connectivity index (χ3v) is 12.9. The Morgan fingerprint density at radius 1 is 0.362 bits per heavy atom. The lowest BCUT2D eigenvalue weighted by Gasteiger charge is -2.22. The molecule has 12 rings (SSSR count). The molecular formula is C56H38N2. The maximum atomic E-state index is 4.99. The molecule has 0 fully saturated rings. The second-order valence-electron chi connectivity index (χ2n) is 16.3. The number of aromatic nitrogens is 2. The van der Waals surface area contributed by atoms with Crippen molar-refractivity contribution in [2.24, 2.45) is 0 Å². The van der Waals surface area contributed by atoms with E-state index in [1.54, 1.807) is 0 Å². The summed E-state index contributed by atoms with van der Waals surface area (Å²) >= 11 is 0. The minimum atomic E-state index is -0.137. The Bertz CT molecular complexity index is 3370. The number of pyridine rings is 1. The highest BCUT2D eigenvalue weighted by Gasteiger charge is 2.36. The van der Waals surface area contributed by atoms with Gasteiger partial charge in [-0.2, -0.15) is 0 Å². The lowest BCUT2D eigenvalue weighted by Crippen LogP contribution is -2.15. The highest BCUT2D eigenvalue weighted by molar-refractivity contribution is 6.25. The van der Waals surface area contributed by atoms with Crippen molar-refractivity contribution >= 4 is 54.1 Å². The molecule has 2 aromatic heterocycles. The van der Waals surface area contributed by atoms with Gasteiger partial charge in [-0.3, -0.25) is 4.98 Å². The summed E-state index contributed by atoms with van der Waals surface area (Å²) < 4.78 is 2.38. The van der Waals surface area contributed by atoms with E-state index < -0.39 is 0 Å². The number of rotatable bonds is 4. The molecule has 1 aliphatic carbocycles. The van der Waals surface area contributed by atoms with Gasteiger partial charge < -0.3 is 4.57 Å². The van der Waals surface area contributed by atoms with Crippen molar-refractivity contribution in [3.63, 3.8) is 0 Å². The van der Waals surface area contributed by atoms with Crippen LogP contribution in [0, 0.1) is 0 Å². The molecule has 0 radical (unpaired) electrons. The summed E-state index contributed by atoms with van der Waals surface area (Å²) in [4.78, 5) is 4.99. The quantitative estimate of drug-likeness (QED) is 0.164. The Balaban J connectivity index is 0.853. The Morgan fingerprint density at radius 3 is 1.31 bits per heavy atom. The first-order valence-electron chi connectivity index (χ1n) is 20.2. The average molecular weight is 739 g/mol. The number of fused-ring (bicyclic) bond motifs is 12. The van der Waals surface area contributed by atoms with Crippen LogP contribution in [0.25, 0.3) is 104 Å². The van der Waals surface area contributed by atoms with Crippen molar-refractivity contribution in [1.29, 1.82) is 0 Å². The second kappa shape index (κ2) is 12.4. The van der Waals surface area contributed by atoms with Crippen molar-refractivity contribution < 1.29 is 0 Å². The predicted molar refractivity (Wildman–Crippen MR) is 245 cm³/mol. The van der Waals surface area contributed by atoms with Gasteiger partial charge in [-0.1, -0.05) is 159 Å². The number of para-hydroxylation sites is 2. The third-order valence-electron chi connectivity index (χ3n) is 12.9. The van der Waals surface area contributed by atoms with Gasteiger partial charge in [-0.15, -0.1) is 0 Å². The van der Waals surface area contributed by atoms with E-state index in [0.29, 0.717) is 0 Å². The van der Waals surface area contributed by atoms with Crippen LogP contribution in [-0.4, -0.2) is 9.55 Å². The third kappa shape index (κ3) is 4.82. The van der Waals surface area contributed by atoms with Gasteiger partial charge in [-0.05, 0) is 114 Å². The van der Waals surface area contributed by atoms with Crippen molar-refractivity contribution in [3.05, 3.63) is 205 Å². The average Bonchev–Trinajstić information content (AvgIpc) is 3.74. The molecule has 2 heteroatoms. The number of benzene rings is 9. The standard InChI is InChI=1S/C56H38N2/c1-56(2)51-31-38(35-19-21-37(22-20-35)53-33-49-43-13-5-3-11-41(43)42-12-4-6-14-44(42)50(49)34-57-53)25-29-45(51)46-30-26-39(32-52(46)56)36-23-27-40(28-24-36)58-54-17-9-7-15-47(54)48-16-8-10-18-55(48)58/h3-34H,1-2H3. The molecule has 0 saturated carbocycles. The van der Waals surface area contributed by atoms with Crippen molar-refractivity contribution in [1.82, 2.24) is 9.55 Å². The fourth-order valence-electron chi connectivity index (χ4n) is 9.89. The summed E-state index contributed by atoms with van der Waals surface area (Å²) in [6.45, 7) is 4.75. The van der Waals surface area contributed by atoms with E-state index in [1.807, 2.05) is 0 Å². The van der Waals surface area contributed by atoms with E-state index in [2.05, 4.69) is 213 Å². The van der Waals surface area contributed by atoms with Gasteiger partial charge in [0, 0.05) is 39.0 Å². The summed E-state index contributed by atoms with van der Waals surface area (Å²) in [6, 6.07) is 69.1. The zero-order chi connectivity index (χ0) is 38.5. The van der Waals surface area contributed by atoms with Crippen LogP contribution in [0.15, 0.2) is 194 Å². The van der Waals surface area contributed by atoms with Gasteiger partial charge in [0.1, 0.15) is 0 Å². The van der Waals surface area contributed by atoms with Crippen LogP contribution < -0.4 is 0 Å². The highest BCUT2D eigenvalue weighted by Crippen LogP contribution is 2.51. The maximum absolute atomic E-state index is 4.99. The second-order valence-corrected chi connectivity index (χ2v) is 16.3. The number of nitrogens with zero attached hydrogens (tertiary/aromatic N) is 2. The van der Waals surface area contributed by atoms with Crippen LogP contribution in [-0.2, 0) is 5.41 Å². The SMILES string of the molecule is CC1(C)c2cc(-c3ccc(-c4cc5c6ccccc6c6ccccc6c5cn4)cc3)ccc2-c2ccc(-c3ccc(-n4c5ccccc5c5ccccc54)cc3)cc21. The van der Waals surface area contributed by atoms with Crippen LogP contribution in [0.4, 0.5) is 0 Å². The summed E-state index contributed by atoms with van der Waals surface area (Å²) in [6.07, 6.45) is 2.06. The van der Waals surface area contributed by atoms with E-state index >= 15 is 0 Å². The molecule has 272 valence electrons. The first-order chi connectivity index (χ1) is 28.5. The Hall–Kier alpha value is -7.29. The number of hydrogen-bond donors (Lipinski definition) is 0. The van der Waals surface area contributed by atoms with Gasteiger partial charge >= 0.3 is 0 Å². The molecule has 0 spiro atoms. The lowest BCUT2D eigenvalue weighted by atomic mass is 9.81. The normalized spacial score (nSPS) is 13.1. The number of hydrogen-bond acceptors (Lipinski definition) is 1. The molecule has 0 unspecified atom stereocenters. The van der Waals surface area contributed by atoms with E-state index in [9.17, 15) is 0 Å². The molecule has 11 aromatic rings. The van der Waals surface area contributed by atoms with Gasteiger partial charge in [-0.25, -0.2) is 0 Å². The van der Waals surface area contributed by atoms with Crippen molar-refractivity contribution in [2.45, 2.75) is 19.3 Å². The summed E-state index contributed by atoms with van der Waals surface area (Å²) in [7, 11) is 0. The van der Waals surface area contributed by atoms with Crippen molar-refractivity contribution in [2.75, 3.05) is 0 Å². The van der Waals surface area contributed by atoms with E-state index in [-0.39, 0.29) is 5.41 Å². The van der Waals surface area contributed by atoms with Gasteiger partial charge in [0.25, 0.3) is 0 Å². The van der Waals surface area contributed by atoms with Crippen molar-refractivity contribution in [3.8, 4) is 50.3 Å². The van der Waals surface area contributed by atoms with E-state index in [4.69, 9.17) is 4.98 Å². The Morgan fingerprint density at radius 2 is 0.776 bits per heavy atom. The zero-order valence-electron chi connectivity index (χ0n) is 32.4. The molecule has 0 saturated heterocycles. The topological polar surface area (TPSA) is 17.8 Å². The minimum Gasteiger partial charge on any atom is -0.309 e. The van der Waals surface area contributed by atoms with Gasteiger partial charge in [0.2, 0.25) is 0 Å². The zero-order valence-corrected chi connectivity index (χ0v) is 32.4. The summed E-state index contributed by atoms with van der Waals surface area (Å²) in [5, 5.41) is 10.1. The molecule has 9 aromatic carbocycles. The molecule has 0 bridgehead atoms. The highest BCUT2D eigenvalue weighted by atomic mass is 15.0. The first-order valence-corrected chi connectivity index (χ1v) is 20.2. The van der Waals surface area contributed by atoms with Crippen LogP contribution >= 0.6 is 0 Å². The lowest BCUT2D eigenvalue weighted by molar-refractivity contribution is 0.661. The molecule has 58 heavy (non-hydrogen) atoms. The minimum absolute atomic E-state index is 0.137. The molecule has 0 aliphatic heterocycles. The fourth-order valence-corrected chi connectivity index (χ4v) is 9.89. The Kier molecular flexibility index (Phi) is 7.01. The predicted octanol–water partition coefficient (Wildman–Crippen LogP) is 14.9. The fraction of sp³-hybridized carbons (Fsp3) is 0.0536. The first kappa shape index (κ1) is 32.9. The molecule has 0 N–H and O–H groups in total. The van der Waals surface area contributed by atoms with Gasteiger partial charge in [0.05, 0.1) is 16.7 Å². The van der Waals surface area contributed by atoms with Crippen LogP contribution in [0.1, 0.15) is 25.0 Å². The maximum Gasteiger partial charge on any atom is 0.0708 e. The molecule has 1 aliphatic rings. The smallest absolute Gasteiger partial charge is 0.0708 e. The summed E-state index contributed by atoms with van der Waals surface area (Å²) in [5.41, 5.74) is 15.9. The molecule has 2 heterocycles. The molecular weight excluding hydrogens is 701 g/mol. The molecule has 0 atom stereocenters. The van der Waals surface area contributed by atoms with Crippen LogP contribution in [0.2, 0.25) is 0 Å². The van der Waals surface area contributed by atoms with Crippen LogP contribution in [0.5, 0.6) is 0 Å². The monoisotopic (exact) mass is 738 g/mol. The Labute approximate surface area is 337 Å². The summed E-state index contributed by atoms with van der Waals surface area (Å²) in [5.74, 6) is 0. The molecule has 0 amide bonds. The van der Waals surface area contributed by atoms with Crippen LogP contribution in [0.3, 0.4) is 0 Å². The molecule has 2 nitrogen and oxygen atoms in total. The van der Waals surface area contributed by atoms with E-state index in [0.717, 1.165) is 11.3 Å². The largest absolute Gasteiger partial charge is 0.309 e. The van der Waals surface area contributed by atoms with Gasteiger partial charge in [0.15, 0.2) is 0 Å². The van der Waals surface area contributed by atoms with E-state index in [1.165, 1.54) is 104 Å².